The van der Waals surface area contributed by atoms with Crippen LogP contribution in [0.5, 0.6) is 0 Å². The second kappa shape index (κ2) is 6.54. The van der Waals surface area contributed by atoms with Crippen LogP contribution in [0.3, 0.4) is 0 Å². The van der Waals surface area contributed by atoms with E-state index in [1.165, 1.54) is 13.0 Å². The molecule has 0 saturated heterocycles. The molecule has 1 rings (SSSR count). The fourth-order valence-electron chi connectivity index (χ4n) is 1.51. The summed E-state index contributed by atoms with van der Waals surface area (Å²) in [6.45, 7) is 3.00. The van der Waals surface area contributed by atoms with Crippen LogP contribution >= 0.6 is 0 Å². The normalized spacial score (nSPS) is 12.9. The molecular formula is C13H15N3O4. The van der Waals surface area contributed by atoms with E-state index in [2.05, 4.69) is 10.6 Å². The number of rotatable bonds is 4. The third-order valence-corrected chi connectivity index (χ3v) is 2.65. The second-order valence-electron chi connectivity index (χ2n) is 4.30. The van der Waals surface area contributed by atoms with Crippen molar-refractivity contribution >= 4 is 17.7 Å². The summed E-state index contributed by atoms with van der Waals surface area (Å²) in [5.74, 6) is -1.34. The summed E-state index contributed by atoms with van der Waals surface area (Å²) < 4.78 is 0. The quantitative estimate of drug-likeness (QED) is 0.649. The number of hydrogen-bond donors (Lipinski definition) is 4. The number of carboxylic acid groups (broad SMARTS) is 1. The van der Waals surface area contributed by atoms with Gasteiger partial charge in [0.05, 0.1) is 17.7 Å². The number of carbonyl (C=O) groups excluding carboxylic acids is 1. The van der Waals surface area contributed by atoms with Crippen LogP contribution in [0, 0.1) is 18.3 Å². The van der Waals surface area contributed by atoms with Gasteiger partial charge in [0.25, 0.3) is 0 Å². The number of amides is 2. The molecule has 0 spiro atoms. The minimum absolute atomic E-state index is 0.371. The van der Waals surface area contributed by atoms with Crippen LogP contribution in [0.15, 0.2) is 18.2 Å². The number of nitrogens with one attached hydrogen (secondary N) is 2. The lowest BCUT2D eigenvalue weighted by molar-refractivity contribution is -0.141. The molecule has 0 heterocycles. The van der Waals surface area contributed by atoms with Crippen molar-refractivity contribution in [2.75, 3.05) is 5.32 Å². The third-order valence-electron chi connectivity index (χ3n) is 2.65. The lowest BCUT2D eigenvalue weighted by Gasteiger charge is -2.18. The van der Waals surface area contributed by atoms with E-state index in [0.29, 0.717) is 11.3 Å². The van der Waals surface area contributed by atoms with Crippen LogP contribution in [0.25, 0.3) is 0 Å². The molecule has 1 aromatic rings. The molecule has 7 nitrogen and oxygen atoms in total. The Hall–Kier alpha value is -2.59. The van der Waals surface area contributed by atoms with Crippen molar-refractivity contribution in [3.8, 4) is 6.07 Å². The molecule has 0 aliphatic rings. The fourth-order valence-corrected chi connectivity index (χ4v) is 1.51. The van der Waals surface area contributed by atoms with Gasteiger partial charge in [-0.1, -0.05) is 6.07 Å². The molecule has 4 N–H and O–H groups in total. The average Bonchev–Trinajstić information content (AvgIpc) is 2.37. The average molecular weight is 277 g/mol. The van der Waals surface area contributed by atoms with Gasteiger partial charge in [0.15, 0.2) is 6.04 Å². The van der Waals surface area contributed by atoms with Crippen molar-refractivity contribution in [3.05, 3.63) is 29.3 Å². The van der Waals surface area contributed by atoms with Gasteiger partial charge in [0.1, 0.15) is 0 Å². The van der Waals surface area contributed by atoms with Gasteiger partial charge in [-0.15, -0.1) is 0 Å². The summed E-state index contributed by atoms with van der Waals surface area (Å²) in [5, 5.41) is 31.5. The van der Waals surface area contributed by atoms with Gasteiger partial charge >= 0.3 is 12.0 Å². The van der Waals surface area contributed by atoms with Crippen LogP contribution in [-0.2, 0) is 4.79 Å². The van der Waals surface area contributed by atoms with Gasteiger partial charge in [-0.2, -0.15) is 5.26 Å². The summed E-state index contributed by atoms with van der Waals surface area (Å²) in [7, 11) is 0. The van der Waals surface area contributed by atoms with E-state index in [1.54, 1.807) is 19.1 Å². The van der Waals surface area contributed by atoms with E-state index in [4.69, 9.17) is 10.4 Å². The minimum Gasteiger partial charge on any atom is -0.480 e. The number of nitriles is 1. The Morgan fingerprint density at radius 1 is 1.40 bits per heavy atom. The molecule has 20 heavy (non-hydrogen) atoms. The molecular weight excluding hydrogens is 262 g/mol. The molecule has 106 valence electrons. The maximum absolute atomic E-state index is 11.7. The molecule has 0 fully saturated rings. The summed E-state index contributed by atoms with van der Waals surface area (Å²) in [6.07, 6.45) is -1.23. The van der Waals surface area contributed by atoms with Crippen LogP contribution < -0.4 is 10.6 Å². The number of aliphatic hydroxyl groups excluding tert-OH is 1. The zero-order valence-electron chi connectivity index (χ0n) is 11.0. The van der Waals surface area contributed by atoms with Crippen molar-refractivity contribution < 1.29 is 19.8 Å². The molecule has 2 amide bonds. The van der Waals surface area contributed by atoms with Crippen LogP contribution in [-0.4, -0.2) is 34.4 Å². The highest BCUT2D eigenvalue weighted by molar-refractivity contribution is 5.93. The number of anilines is 1. The predicted octanol–water partition coefficient (Wildman–Crippen LogP) is 0.822. The molecule has 0 bridgehead atoms. The lowest BCUT2D eigenvalue weighted by atomic mass is 10.1. The van der Waals surface area contributed by atoms with E-state index in [0.717, 1.165) is 5.56 Å². The molecule has 1 aromatic carbocycles. The Balaban J connectivity index is 2.81. The number of carbonyl (C=O) groups is 2. The number of nitrogens with zero attached hydrogens (tertiary/aromatic N) is 1. The molecule has 0 aromatic heterocycles. The number of aliphatic carboxylic acids is 1. The number of hydrogen-bond acceptors (Lipinski definition) is 4. The lowest BCUT2D eigenvalue weighted by Crippen LogP contribution is -2.49. The summed E-state index contributed by atoms with van der Waals surface area (Å²) in [6, 6.07) is 4.51. The van der Waals surface area contributed by atoms with Crippen molar-refractivity contribution in [3.63, 3.8) is 0 Å². The van der Waals surface area contributed by atoms with Crippen molar-refractivity contribution in [1.29, 1.82) is 5.26 Å². The highest BCUT2D eigenvalue weighted by atomic mass is 16.4. The molecule has 7 heteroatoms. The Morgan fingerprint density at radius 3 is 2.55 bits per heavy atom. The topological polar surface area (TPSA) is 122 Å². The SMILES string of the molecule is Cc1ccc(C#N)cc1NC(=O)N[C@H](C(=O)O)[C@@H](C)O. The van der Waals surface area contributed by atoms with Gasteiger partial charge in [0.2, 0.25) is 0 Å². The van der Waals surface area contributed by atoms with E-state index in [9.17, 15) is 14.7 Å². The monoisotopic (exact) mass is 277 g/mol. The molecule has 0 aliphatic heterocycles. The molecule has 0 saturated carbocycles. The van der Waals surface area contributed by atoms with E-state index in [-0.39, 0.29) is 0 Å². The number of carboxylic acids is 1. The van der Waals surface area contributed by atoms with Gasteiger partial charge in [-0.25, -0.2) is 9.59 Å². The fraction of sp³-hybridized carbons (Fsp3) is 0.308. The van der Waals surface area contributed by atoms with E-state index < -0.39 is 24.1 Å². The Labute approximate surface area is 115 Å². The third kappa shape index (κ3) is 3.96. The first-order valence-electron chi connectivity index (χ1n) is 5.84. The predicted molar refractivity (Wildman–Crippen MR) is 71.2 cm³/mol. The zero-order valence-corrected chi connectivity index (χ0v) is 11.0. The van der Waals surface area contributed by atoms with E-state index >= 15 is 0 Å². The van der Waals surface area contributed by atoms with Gasteiger partial charge < -0.3 is 20.8 Å². The standard InChI is InChI=1S/C13H15N3O4/c1-7-3-4-9(6-14)5-10(7)15-13(20)16-11(8(2)17)12(18)19/h3-5,8,11,17H,1-2H3,(H,18,19)(H2,15,16,20)/t8-,11+/m1/s1. The Kier molecular flexibility index (Phi) is 5.06. The zero-order chi connectivity index (χ0) is 15.3. The van der Waals surface area contributed by atoms with Gasteiger partial charge in [-0.05, 0) is 31.5 Å². The highest BCUT2D eigenvalue weighted by Crippen LogP contribution is 2.16. The summed E-state index contributed by atoms with van der Waals surface area (Å²) >= 11 is 0. The van der Waals surface area contributed by atoms with Crippen molar-refractivity contribution in [2.24, 2.45) is 0 Å². The maximum atomic E-state index is 11.7. The van der Waals surface area contributed by atoms with Gasteiger partial charge in [-0.3, -0.25) is 0 Å². The first-order valence-corrected chi connectivity index (χ1v) is 5.84. The largest absolute Gasteiger partial charge is 0.480 e. The van der Waals surface area contributed by atoms with Crippen LogP contribution in [0.2, 0.25) is 0 Å². The molecule has 0 aliphatic carbocycles. The van der Waals surface area contributed by atoms with Crippen LogP contribution in [0.1, 0.15) is 18.1 Å². The summed E-state index contributed by atoms with van der Waals surface area (Å²) in [4.78, 5) is 22.6. The van der Waals surface area contributed by atoms with Crippen molar-refractivity contribution in [1.82, 2.24) is 5.32 Å². The first kappa shape index (κ1) is 15.5. The Bertz CT molecular complexity index is 563. The number of urea groups is 1. The van der Waals surface area contributed by atoms with Gasteiger partial charge in [0, 0.05) is 5.69 Å². The molecule has 0 unspecified atom stereocenters. The Morgan fingerprint density at radius 2 is 2.05 bits per heavy atom. The number of aryl methyl sites for hydroxylation is 1. The van der Waals surface area contributed by atoms with E-state index in [1.807, 2.05) is 6.07 Å². The van der Waals surface area contributed by atoms with Crippen LogP contribution in [0.4, 0.5) is 10.5 Å². The number of aliphatic hydroxyl groups is 1. The number of benzene rings is 1. The molecule has 0 radical (unpaired) electrons. The maximum Gasteiger partial charge on any atom is 0.328 e. The minimum atomic E-state index is -1.41. The second-order valence-corrected chi connectivity index (χ2v) is 4.30. The first-order chi connectivity index (χ1) is 9.35. The highest BCUT2D eigenvalue weighted by Gasteiger charge is 2.25. The summed E-state index contributed by atoms with van der Waals surface area (Å²) in [5.41, 5.74) is 1.50. The molecule has 2 atom stereocenters. The smallest absolute Gasteiger partial charge is 0.328 e. The van der Waals surface area contributed by atoms with Crippen molar-refractivity contribution in [2.45, 2.75) is 26.0 Å².